The number of aryl methyl sites for hydroxylation is 1. The number of nitrogens with zero attached hydrogens (tertiary/aromatic N) is 4. The molecule has 3 rings (SSSR count). The van der Waals surface area contributed by atoms with Gasteiger partial charge in [-0.25, -0.2) is 13.4 Å². The summed E-state index contributed by atoms with van der Waals surface area (Å²) in [7, 11) is -3.51. The molecule has 124 valence electrons. The second-order valence-corrected chi connectivity index (χ2v) is 7.60. The van der Waals surface area contributed by atoms with Gasteiger partial charge in [0.25, 0.3) is 5.56 Å². The monoisotopic (exact) mass is 337 g/mol. The predicted molar refractivity (Wildman–Crippen MR) is 83.7 cm³/mol. The Bertz CT molecular complexity index is 884. The smallest absolute Gasteiger partial charge is 0.256 e. The van der Waals surface area contributed by atoms with E-state index in [9.17, 15) is 13.2 Å². The Hall–Kier alpha value is -2.00. The van der Waals surface area contributed by atoms with Crippen molar-refractivity contribution in [3.05, 3.63) is 39.6 Å². The molecule has 0 fully saturated rings. The van der Waals surface area contributed by atoms with E-state index in [0.717, 1.165) is 25.0 Å². The first-order chi connectivity index (χ1) is 10.9. The summed E-state index contributed by atoms with van der Waals surface area (Å²) in [6.07, 6.45) is 3.37. The van der Waals surface area contributed by atoms with Gasteiger partial charge in [-0.05, 0) is 13.0 Å². The highest BCUT2D eigenvalue weighted by Gasteiger charge is 2.24. The molecule has 3 heterocycles. The third-order valence-electron chi connectivity index (χ3n) is 3.97. The van der Waals surface area contributed by atoms with Gasteiger partial charge in [-0.1, -0.05) is 0 Å². The topological polar surface area (TPSA) is 101 Å². The number of rotatable bonds is 4. The van der Waals surface area contributed by atoms with Crippen LogP contribution in [0.5, 0.6) is 0 Å². The number of fused-ring (bicyclic) bond motifs is 1. The fourth-order valence-electron chi connectivity index (χ4n) is 2.78. The SMILES string of the molecule is CCn1nccc1CN1CCc2nc(S(C)(=O)=O)[nH]c(=O)c2C1. The van der Waals surface area contributed by atoms with E-state index in [1.807, 2.05) is 17.7 Å². The van der Waals surface area contributed by atoms with Crippen molar-refractivity contribution < 1.29 is 8.42 Å². The van der Waals surface area contributed by atoms with Crippen LogP contribution < -0.4 is 5.56 Å². The van der Waals surface area contributed by atoms with E-state index in [4.69, 9.17) is 0 Å². The summed E-state index contributed by atoms with van der Waals surface area (Å²) in [5, 5.41) is 3.99. The number of aromatic nitrogens is 4. The molecule has 9 heteroatoms. The van der Waals surface area contributed by atoms with E-state index in [1.54, 1.807) is 6.20 Å². The molecule has 0 saturated carbocycles. The zero-order chi connectivity index (χ0) is 16.6. The molecule has 0 unspecified atom stereocenters. The molecule has 2 aromatic rings. The van der Waals surface area contributed by atoms with Crippen LogP contribution in [0.3, 0.4) is 0 Å². The van der Waals surface area contributed by atoms with Gasteiger partial charge < -0.3 is 0 Å². The number of aromatic amines is 1. The molecular formula is C14H19N5O3S. The van der Waals surface area contributed by atoms with Crippen LogP contribution in [0.25, 0.3) is 0 Å². The molecule has 0 aliphatic carbocycles. The lowest BCUT2D eigenvalue weighted by Crippen LogP contribution is -2.36. The highest BCUT2D eigenvalue weighted by molar-refractivity contribution is 7.90. The van der Waals surface area contributed by atoms with Crippen LogP contribution in [0.15, 0.2) is 22.2 Å². The fraction of sp³-hybridized carbons (Fsp3) is 0.500. The summed E-state index contributed by atoms with van der Waals surface area (Å²) in [6.45, 7) is 4.70. The molecule has 2 aromatic heterocycles. The van der Waals surface area contributed by atoms with Gasteiger partial charge in [0.2, 0.25) is 15.0 Å². The second kappa shape index (κ2) is 5.89. The largest absolute Gasteiger partial charge is 0.297 e. The Kier molecular flexibility index (Phi) is 4.07. The van der Waals surface area contributed by atoms with Gasteiger partial charge in [0.05, 0.1) is 17.0 Å². The van der Waals surface area contributed by atoms with Crippen molar-refractivity contribution in [3.8, 4) is 0 Å². The van der Waals surface area contributed by atoms with Crippen molar-refractivity contribution in [2.45, 2.75) is 38.1 Å². The van der Waals surface area contributed by atoms with Gasteiger partial charge in [0.1, 0.15) is 0 Å². The van der Waals surface area contributed by atoms with Gasteiger partial charge in [0, 0.05) is 45.1 Å². The maximum absolute atomic E-state index is 12.2. The van der Waals surface area contributed by atoms with Crippen molar-refractivity contribution in [2.24, 2.45) is 0 Å². The first kappa shape index (κ1) is 15.9. The van der Waals surface area contributed by atoms with Gasteiger partial charge >= 0.3 is 0 Å². The Morgan fingerprint density at radius 1 is 1.39 bits per heavy atom. The molecule has 0 spiro atoms. The summed E-state index contributed by atoms with van der Waals surface area (Å²) in [4.78, 5) is 20.8. The molecule has 0 saturated heterocycles. The van der Waals surface area contributed by atoms with E-state index in [1.165, 1.54) is 0 Å². The third kappa shape index (κ3) is 3.20. The van der Waals surface area contributed by atoms with Crippen molar-refractivity contribution in [2.75, 3.05) is 12.8 Å². The zero-order valence-electron chi connectivity index (χ0n) is 13.1. The lowest BCUT2D eigenvalue weighted by Gasteiger charge is -2.27. The zero-order valence-corrected chi connectivity index (χ0v) is 13.9. The molecule has 0 atom stereocenters. The van der Waals surface area contributed by atoms with Crippen LogP contribution in [0.1, 0.15) is 23.9 Å². The van der Waals surface area contributed by atoms with Crippen LogP contribution in [-0.2, 0) is 35.9 Å². The van der Waals surface area contributed by atoms with Gasteiger partial charge in [0.15, 0.2) is 0 Å². The van der Waals surface area contributed by atoms with E-state index in [-0.39, 0.29) is 10.7 Å². The van der Waals surface area contributed by atoms with Crippen LogP contribution >= 0.6 is 0 Å². The number of hydrogen-bond acceptors (Lipinski definition) is 6. The minimum Gasteiger partial charge on any atom is -0.297 e. The standard InChI is InChI=1S/C14H19N5O3S/c1-3-19-10(4-6-15-19)8-18-7-5-12-11(9-18)13(20)17-14(16-12)23(2,21)22/h4,6H,3,5,7-9H2,1-2H3,(H,16,17,20). The van der Waals surface area contributed by atoms with Gasteiger partial charge in [-0.15, -0.1) is 0 Å². The summed E-state index contributed by atoms with van der Waals surface area (Å²) >= 11 is 0. The minimum absolute atomic E-state index is 0.251. The number of nitrogens with one attached hydrogen (secondary N) is 1. The van der Waals surface area contributed by atoms with Gasteiger partial charge in [-0.3, -0.25) is 19.4 Å². The maximum Gasteiger partial charge on any atom is 0.256 e. The summed E-state index contributed by atoms with van der Waals surface area (Å²) in [5.74, 6) is 0. The Morgan fingerprint density at radius 2 is 2.17 bits per heavy atom. The van der Waals surface area contributed by atoms with Crippen molar-refractivity contribution in [1.29, 1.82) is 0 Å². The van der Waals surface area contributed by atoms with Crippen molar-refractivity contribution >= 4 is 9.84 Å². The van der Waals surface area contributed by atoms with E-state index in [2.05, 4.69) is 20.0 Å². The molecule has 0 aromatic carbocycles. The molecular weight excluding hydrogens is 318 g/mol. The highest BCUT2D eigenvalue weighted by Crippen LogP contribution is 2.17. The molecule has 0 amide bonds. The van der Waals surface area contributed by atoms with E-state index in [0.29, 0.717) is 30.8 Å². The maximum atomic E-state index is 12.2. The average molecular weight is 337 g/mol. The van der Waals surface area contributed by atoms with E-state index < -0.39 is 9.84 Å². The molecule has 1 aliphatic rings. The minimum atomic E-state index is -3.51. The quantitative estimate of drug-likeness (QED) is 0.785. The number of hydrogen-bond donors (Lipinski definition) is 1. The van der Waals surface area contributed by atoms with Gasteiger partial charge in [-0.2, -0.15) is 5.10 Å². The molecule has 0 bridgehead atoms. The van der Waals surface area contributed by atoms with Crippen LogP contribution in [0.4, 0.5) is 0 Å². The summed E-state index contributed by atoms with van der Waals surface area (Å²) < 4.78 is 25.1. The first-order valence-corrected chi connectivity index (χ1v) is 9.32. The Labute approximate surface area is 134 Å². The first-order valence-electron chi connectivity index (χ1n) is 7.43. The van der Waals surface area contributed by atoms with Crippen LogP contribution in [0, 0.1) is 0 Å². The normalized spacial score (nSPS) is 15.6. The van der Waals surface area contributed by atoms with Crippen LogP contribution in [-0.4, -0.2) is 45.9 Å². The van der Waals surface area contributed by atoms with Crippen LogP contribution in [0.2, 0.25) is 0 Å². The number of H-pyrrole nitrogens is 1. The number of sulfone groups is 1. The van der Waals surface area contributed by atoms with Crippen molar-refractivity contribution in [3.63, 3.8) is 0 Å². The fourth-order valence-corrected chi connectivity index (χ4v) is 3.33. The molecule has 1 N–H and O–H groups in total. The summed E-state index contributed by atoms with van der Waals surface area (Å²) in [6, 6.07) is 1.97. The molecule has 1 aliphatic heterocycles. The van der Waals surface area contributed by atoms with E-state index >= 15 is 0 Å². The Balaban J connectivity index is 1.85. The molecule has 0 radical (unpaired) electrons. The average Bonchev–Trinajstić information content (AvgIpc) is 2.94. The molecule has 8 nitrogen and oxygen atoms in total. The second-order valence-electron chi connectivity index (χ2n) is 5.67. The summed E-state index contributed by atoms with van der Waals surface area (Å²) in [5.41, 5.74) is 1.85. The predicted octanol–water partition coefficient (Wildman–Crippen LogP) is -0.0519. The highest BCUT2D eigenvalue weighted by atomic mass is 32.2. The lowest BCUT2D eigenvalue weighted by molar-refractivity contribution is 0.233. The molecule has 23 heavy (non-hydrogen) atoms. The Morgan fingerprint density at radius 3 is 2.87 bits per heavy atom. The lowest BCUT2D eigenvalue weighted by atomic mass is 10.1. The third-order valence-corrected chi connectivity index (χ3v) is 4.86. The van der Waals surface area contributed by atoms with Crippen molar-refractivity contribution in [1.82, 2.24) is 24.6 Å².